The molecule has 3 nitrogen and oxygen atoms in total. The summed E-state index contributed by atoms with van der Waals surface area (Å²) in [6.45, 7) is 8.06. The highest BCUT2D eigenvalue weighted by atomic mass is 28.2. The van der Waals surface area contributed by atoms with E-state index in [2.05, 4.69) is 13.8 Å². The van der Waals surface area contributed by atoms with E-state index in [1.807, 2.05) is 0 Å². The maximum absolute atomic E-state index is 5.85. The molecule has 0 unspecified atom stereocenters. The number of ether oxygens (including phenoxy) is 2. The van der Waals surface area contributed by atoms with Crippen molar-refractivity contribution in [1.82, 2.24) is 0 Å². The van der Waals surface area contributed by atoms with Crippen LogP contribution in [-0.2, 0) is 13.9 Å². The first-order valence-corrected chi connectivity index (χ1v) is 6.94. The fourth-order valence-corrected chi connectivity index (χ4v) is 3.66. The zero-order valence-electron chi connectivity index (χ0n) is 9.07. The predicted molar refractivity (Wildman–Crippen MR) is 57.1 cm³/mol. The van der Waals surface area contributed by atoms with Crippen molar-refractivity contribution in [3.63, 3.8) is 0 Å². The Bertz CT molecular complexity index is 164. The van der Waals surface area contributed by atoms with Gasteiger partial charge in [0.1, 0.15) is 0 Å². The van der Waals surface area contributed by atoms with E-state index in [1.54, 1.807) is 0 Å². The van der Waals surface area contributed by atoms with Crippen LogP contribution in [0.25, 0.3) is 0 Å². The van der Waals surface area contributed by atoms with Gasteiger partial charge < -0.3 is 13.9 Å². The summed E-state index contributed by atoms with van der Waals surface area (Å²) in [4.78, 5) is 0. The highest BCUT2D eigenvalue weighted by molar-refractivity contribution is 6.30. The molecule has 0 aromatic heterocycles. The van der Waals surface area contributed by atoms with Gasteiger partial charge in [-0.25, -0.2) is 0 Å². The fourth-order valence-electron chi connectivity index (χ4n) is 1.96. The molecular formula is C10H20O3Si. The third-order valence-corrected chi connectivity index (χ3v) is 5.74. The maximum Gasteiger partial charge on any atom is 0.165 e. The van der Waals surface area contributed by atoms with E-state index < -0.39 is 9.76 Å². The van der Waals surface area contributed by atoms with Crippen LogP contribution in [0, 0.1) is 11.8 Å². The standard InChI is InChI=1S/C10H20O3Si/c1-7(2)13-14-10(8-3-11-4-8)9-5-12-6-9/h7-10H,3-6,14H2,1-2H3. The van der Waals surface area contributed by atoms with Gasteiger partial charge in [0.15, 0.2) is 9.76 Å². The van der Waals surface area contributed by atoms with E-state index in [4.69, 9.17) is 13.9 Å². The van der Waals surface area contributed by atoms with Crippen molar-refractivity contribution in [1.29, 1.82) is 0 Å². The monoisotopic (exact) mass is 216 g/mol. The first-order chi connectivity index (χ1) is 6.77. The Morgan fingerprint density at radius 3 is 1.86 bits per heavy atom. The molecule has 2 heterocycles. The lowest BCUT2D eigenvalue weighted by Crippen LogP contribution is -2.44. The van der Waals surface area contributed by atoms with Gasteiger partial charge in [-0.2, -0.15) is 0 Å². The van der Waals surface area contributed by atoms with Gasteiger partial charge in [-0.3, -0.25) is 0 Å². The van der Waals surface area contributed by atoms with Crippen LogP contribution >= 0.6 is 0 Å². The Labute approximate surface area is 88.1 Å². The minimum absolute atomic E-state index is 0.395. The van der Waals surface area contributed by atoms with Crippen molar-refractivity contribution in [3.05, 3.63) is 0 Å². The first kappa shape index (κ1) is 10.6. The van der Waals surface area contributed by atoms with Crippen LogP contribution in [-0.4, -0.2) is 42.3 Å². The molecule has 2 rings (SSSR count). The smallest absolute Gasteiger partial charge is 0.165 e. The van der Waals surface area contributed by atoms with Gasteiger partial charge in [-0.15, -0.1) is 0 Å². The predicted octanol–water partition coefficient (Wildman–Crippen LogP) is 0.576. The summed E-state index contributed by atoms with van der Waals surface area (Å²) >= 11 is 0. The molecule has 82 valence electrons. The third kappa shape index (κ3) is 2.37. The van der Waals surface area contributed by atoms with Crippen LogP contribution in [0.2, 0.25) is 5.54 Å². The second kappa shape index (κ2) is 4.75. The summed E-state index contributed by atoms with van der Waals surface area (Å²) in [5.41, 5.74) is 0.792. The van der Waals surface area contributed by atoms with Crippen molar-refractivity contribution >= 4 is 9.76 Å². The SMILES string of the molecule is CC(C)O[SiH2]C(C1COC1)C1COC1. The molecule has 14 heavy (non-hydrogen) atoms. The van der Waals surface area contributed by atoms with Crippen molar-refractivity contribution in [2.45, 2.75) is 25.5 Å². The van der Waals surface area contributed by atoms with Crippen LogP contribution in [0.4, 0.5) is 0 Å². The van der Waals surface area contributed by atoms with Crippen LogP contribution in [0.15, 0.2) is 0 Å². The van der Waals surface area contributed by atoms with Gasteiger partial charge in [-0.1, -0.05) is 0 Å². The highest BCUT2D eigenvalue weighted by Crippen LogP contribution is 2.36. The van der Waals surface area contributed by atoms with Crippen molar-refractivity contribution in [2.75, 3.05) is 26.4 Å². The summed E-state index contributed by atoms with van der Waals surface area (Å²) in [6.07, 6.45) is 0.395. The van der Waals surface area contributed by atoms with E-state index in [1.165, 1.54) is 0 Å². The lowest BCUT2D eigenvalue weighted by atomic mass is 9.91. The van der Waals surface area contributed by atoms with E-state index >= 15 is 0 Å². The van der Waals surface area contributed by atoms with Crippen LogP contribution in [0.5, 0.6) is 0 Å². The Balaban J connectivity index is 1.78. The molecule has 0 aliphatic carbocycles. The van der Waals surface area contributed by atoms with Crippen molar-refractivity contribution < 1.29 is 13.9 Å². The Kier molecular flexibility index (Phi) is 3.60. The van der Waals surface area contributed by atoms with E-state index in [-0.39, 0.29) is 0 Å². The third-order valence-electron chi connectivity index (χ3n) is 3.16. The summed E-state index contributed by atoms with van der Waals surface area (Å²) in [6, 6.07) is 0. The number of hydrogen-bond acceptors (Lipinski definition) is 3. The van der Waals surface area contributed by atoms with Gasteiger partial charge >= 0.3 is 0 Å². The zero-order chi connectivity index (χ0) is 9.97. The number of rotatable bonds is 5. The maximum atomic E-state index is 5.85. The minimum Gasteiger partial charge on any atom is -0.421 e. The molecule has 2 fully saturated rings. The second-order valence-electron chi connectivity index (χ2n) is 4.64. The molecule has 2 aliphatic rings. The molecule has 0 amide bonds. The summed E-state index contributed by atoms with van der Waals surface area (Å²) in [5, 5.41) is 0. The summed E-state index contributed by atoms with van der Waals surface area (Å²) in [7, 11) is -0.397. The lowest BCUT2D eigenvalue weighted by Gasteiger charge is -2.41. The molecule has 0 aromatic carbocycles. The van der Waals surface area contributed by atoms with Gasteiger partial charge in [0.2, 0.25) is 0 Å². The largest absolute Gasteiger partial charge is 0.421 e. The van der Waals surface area contributed by atoms with E-state index in [0.717, 1.165) is 43.8 Å². The average molecular weight is 216 g/mol. The van der Waals surface area contributed by atoms with Gasteiger partial charge in [0.05, 0.1) is 26.4 Å². The van der Waals surface area contributed by atoms with Gasteiger partial charge in [-0.05, 0) is 19.4 Å². The highest BCUT2D eigenvalue weighted by Gasteiger charge is 2.38. The molecule has 0 aromatic rings. The molecule has 0 spiro atoms. The fraction of sp³-hybridized carbons (Fsp3) is 1.00. The summed E-state index contributed by atoms with van der Waals surface area (Å²) < 4.78 is 16.4. The molecule has 2 saturated heterocycles. The Hall–Kier alpha value is 0.0969. The normalized spacial score (nSPS) is 24.9. The Morgan fingerprint density at radius 2 is 1.57 bits per heavy atom. The molecular weight excluding hydrogens is 196 g/mol. The number of hydrogen-bond donors (Lipinski definition) is 0. The molecule has 2 aliphatic heterocycles. The quantitative estimate of drug-likeness (QED) is 0.629. The van der Waals surface area contributed by atoms with Crippen LogP contribution < -0.4 is 0 Å². The molecule has 0 bridgehead atoms. The van der Waals surface area contributed by atoms with Gasteiger partial charge in [0, 0.05) is 17.9 Å². The Morgan fingerprint density at radius 1 is 1.07 bits per heavy atom. The van der Waals surface area contributed by atoms with E-state index in [0.29, 0.717) is 6.10 Å². The second-order valence-corrected chi connectivity index (χ2v) is 6.25. The molecule has 0 saturated carbocycles. The molecule has 0 atom stereocenters. The van der Waals surface area contributed by atoms with Crippen LogP contribution in [0.1, 0.15) is 13.8 Å². The molecule has 0 radical (unpaired) electrons. The van der Waals surface area contributed by atoms with Crippen molar-refractivity contribution in [2.24, 2.45) is 11.8 Å². The zero-order valence-corrected chi connectivity index (χ0v) is 10.5. The topological polar surface area (TPSA) is 27.7 Å². The van der Waals surface area contributed by atoms with Crippen LogP contribution in [0.3, 0.4) is 0 Å². The van der Waals surface area contributed by atoms with Crippen molar-refractivity contribution in [3.8, 4) is 0 Å². The molecule has 4 heteroatoms. The van der Waals surface area contributed by atoms with E-state index in [9.17, 15) is 0 Å². The van der Waals surface area contributed by atoms with Gasteiger partial charge in [0.25, 0.3) is 0 Å². The summed E-state index contributed by atoms with van der Waals surface area (Å²) in [5.74, 6) is 1.55. The average Bonchev–Trinajstić information content (AvgIpc) is 1.92. The molecule has 0 N–H and O–H groups in total. The lowest BCUT2D eigenvalue weighted by molar-refractivity contribution is -0.0914. The minimum atomic E-state index is -0.397. The first-order valence-electron chi connectivity index (χ1n) is 5.54.